The molecular formula is C27H32N2O5. The third-order valence-electron chi connectivity index (χ3n) is 7.00. The van der Waals surface area contributed by atoms with Crippen LogP contribution in [-0.2, 0) is 14.3 Å². The molecule has 1 fully saturated rings. The van der Waals surface area contributed by atoms with Crippen molar-refractivity contribution in [2.75, 3.05) is 6.61 Å². The third kappa shape index (κ3) is 4.93. The predicted molar refractivity (Wildman–Crippen MR) is 128 cm³/mol. The minimum Gasteiger partial charge on any atom is -0.481 e. The van der Waals surface area contributed by atoms with Crippen molar-refractivity contribution in [2.24, 2.45) is 5.92 Å². The first-order chi connectivity index (χ1) is 16.3. The second-order valence-electron chi connectivity index (χ2n) is 9.74. The summed E-state index contributed by atoms with van der Waals surface area (Å²) in [7, 11) is 0. The summed E-state index contributed by atoms with van der Waals surface area (Å²) < 4.78 is 5.61. The molecule has 0 aromatic heterocycles. The average Bonchev–Trinajstić information content (AvgIpc) is 3.37. The van der Waals surface area contributed by atoms with Gasteiger partial charge in [-0.25, -0.2) is 4.79 Å². The number of carboxylic acids is 1. The Morgan fingerprint density at radius 3 is 2.09 bits per heavy atom. The lowest BCUT2D eigenvalue weighted by Crippen LogP contribution is -2.57. The van der Waals surface area contributed by atoms with Gasteiger partial charge in [0, 0.05) is 5.92 Å². The smallest absolute Gasteiger partial charge is 0.407 e. The van der Waals surface area contributed by atoms with Crippen molar-refractivity contribution in [3.63, 3.8) is 0 Å². The molecule has 0 radical (unpaired) electrons. The van der Waals surface area contributed by atoms with E-state index in [9.17, 15) is 19.5 Å². The van der Waals surface area contributed by atoms with Gasteiger partial charge in [0.1, 0.15) is 12.6 Å². The van der Waals surface area contributed by atoms with Crippen molar-refractivity contribution in [1.82, 2.24) is 10.6 Å². The van der Waals surface area contributed by atoms with Gasteiger partial charge >= 0.3 is 12.1 Å². The summed E-state index contributed by atoms with van der Waals surface area (Å²) in [6.45, 7) is 3.84. The van der Waals surface area contributed by atoms with Crippen LogP contribution in [0, 0.1) is 5.92 Å². The zero-order valence-electron chi connectivity index (χ0n) is 19.7. The van der Waals surface area contributed by atoms with E-state index < -0.39 is 23.6 Å². The number of fused-ring (bicyclic) bond motifs is 3. The Bertz CT molecular complexity index is 1030. The van der Waals surface area contributed by atoms with Crippen LogP contribution in [0.1, 0.15) is 63.0 Å². The molecule has 1 saturated carbocycles. The molecule has 2 aromatic rings. The molecule has 0 saturated heterocycles. The fourth-order valence-electron chi connectivity index (χ4n) is 5.33. The van der Waals surface area contributed by atoms with Crippen molar-refractivity contribution in [1.29, 1.82) is 0 Å². The molecule has 180 valence electrons. The minimum atomic E-state index is -0.937. The molecule has 0 bridgehead atoms. The van der Waals surface area contributed by atoms with E-state index in [0.29, 0.717) is 12.8 Å². The van der Waals surface area contributed by atoms with Crippen LogP contribution in [0.3, 0.4) is 0 Å². The van der Waals surface area contributed by atoms with Gasteiger partial charge in [0.2, 0.25) is 5.91 Å². The van der Waals surface area contributed by atoms with E-state index in [2.05, 4.69) is 34.9 Å². The van der Waals surface area contributed by atoms with Crippen LogP contribution >= 0.6 is 0 Å². The number of rotatable bonds is 8. The van der Waals surface area contributed by atoms with Crippen molar-refractivity contribution >= 4 is 18.0 Å². The monoisotopic (exact) mass is 464 g/mol. The van der Waals surface area contributed by atoms with Crippen LogP contribution in [0.2, 0.25) is 0 Å². The lowest BCUT2D eigenvalue weighted by molar-refractivity contribution is -0.139. The van der Waals surface area contributed by atoms with Crippen molar-refractivity contribution in [3.05, 3.63) is 59.7 Å². The van der Waals surface area contributed by atoms with Gasteiger partial charge in [-0.3, -0.25) is 9.59 Å². The first-order valence-corrected chi connectivity index (χ1v) is 11.9. The number of benzene rings is 2. The van der Waals surface area contributed by atoms with E-state index in [-0.39, 0.29) is 30.8 Å². The number of carboxylic acid groups (broad SMARTS) is 1. The van der Waals surface area contributed by atoms with Gasteiger partial charge in [-0.2, -0.15) is 0 Å². The minimum absolute atomic E-state index is 0.0678. The van der Waals surface area contributed by atoms with Crippen LogP contribution in [0.25, 0.3) is 11.1 Å². The van der Waals surface area contributed by atoms with Gasteiger partial charge in [-0.1, -0.05) is 75.2 Å². The van der Waals surface area contributed by atoms with E-state index in [1.807, 2.05) is 38.1 Å². The molecule has 0 spiro atoms. The van der Waals surface area contributed by atoms with Crippen molar-refractivity contribution < 1.29 is 24.2 Å². The molecule has 2 amide bonds. The molecule has 0 heterocycles. The molecule has 34 heavy (non-hydrogen) atoms. The van der Waals surface area contributed by atoms with Crippen LogP contribution in [-0.4, -0.2) is 41.3 Å². The maximum absolute atomic E-state index is 13.1. The third-order valence-corrected chi connectivity index (χ3v) is 7.00. The number of hydrogen-bond donors (Lipinski definition) is 3. The first-order valence-electron chi connectivity index (χ1n) is 11.9. The summed E-state index contributed by atoms with van der Waals surface area (Å²) in [6, 6.07) is 15.4. The Labute approximate surface area is 199 Å². The largest absolute Gasteiger partial charge is 0.481 e. The number of alkyl carbamates (subject to hydrolysis) is 1. The number of carbonyl (C=O) groups excluding carboxylic acids is 2. The fourth-order valence-corrected chi connectivity index (χ4v) is 5.33. The van der Waals surface area contributed by atoms with Gasteiger partial charge < -0.3 is 20.5 Å². The number of amides is 2. The van der Waals surface area contributed by atoms with Crippen LogP contribution < -0.4 is 10.6 Å². The Morgan fingerprint density at radius 2 is 1.56 bits per heavy atom. The van der Waals surface area contributed by atoms with Crippen molar-refractivity contribution in [2.45, 2.75) is 63.5 Å². The summed E-state index contributed by atoms with van der Waals surface area (Å²) in [5.74, 6) is -1.56. The number of carbonyl (C=O) groups is 3. The highest BCUT2D eigenvalue weighted by molar-refractivity contribution is 5.87. The molecule has 2 aromatic carbocycles. The number of ether oxygens (including phenoxy) is 1. The van der Waals surface area contributed by atoms with E-state index >= 15 is 0 Å². The van der Waals surface area contributed by atoms with Gasteiger partial charge in [0.15, 0.2) is 0 Å². The zero-order chi connectivity index (χ0) is 24.3. The predicted octanol–water partition coefficient (Wildman–Crippen LogP) is 4.45. The molecular weight excluding hydrogens is 432 g/mol. The number of nitrogens with one attached hydrogen (secondary N) is 2. The second kappa shape index (κ2) is 9.87. The summed E-state index contributed by atoms with van der Waals surface area (Å²) in [4.78, 5) is 37.2. The Balaban J connectivity index is 1.41. The highest BCUT2D eigenvalue weighted by Gasteiger charge is 2.40. The maximum Gasteiger partial charge on any atom is 0.407 e. The topological polar surface area (TPSA) is 105 Å². The summed E-state index contributed by atoms with van der Waals surface area (Å²) in [5.41, 5.74) is 3.77. The zero-order valence-corrected chi connectivity index (χ0v) is 19.7. The van der Waals surface area contributed by atoms with Gasteiger partial charge in [-0.15, -0.1) is 0 Å². The highest BCUT2D eigenvalue weighted by atomic mass is 16.5. The SMILES string of the molecule is CC(C)[C@@H](NC(=O)OCC1c2ccccc2-c2ccccc21)C(=O)NC1(CC(=O)O)CCCC1. The Morgan fingerprint density at radius 1 is 1.00 bits per heavy atom. The quantitative estimate of drug-likeness (QED) is 0.535. The van der Waals surface area contributed by atoms with E-state index in [1.165, 1.54) is 0 Å². The molecule has 0 aliphatic heterocycles. The van der Waals surface area contributed by atoms with Crippen LogP contribution in [0.5, 0.6) is 0 Å². The summed E-state index contributed by atoms with van der Waals surface area (Å²) in [5, 5.41) is 15.0. The number of hydrogen-bond acceptors (Lipinski definition) is 4. The highest BCUT2D eigenvalue weighted by Crippen LogP contribution is 2.44. The Kier molecular flexibility index (Phi) is 6.91. The molecule has 4 rings (SSSR count). The van der Waals surface area contributed by atoms with E-state index in [1.54, 1.807) is 0 Å². The number of aliphatic carboxylic acids is 1. The first kappa shape index (κ1) is 23.8. The van der Waals surface area contributed by atoms with Crippen molar-refractivity contribution in [3.8, 4) is 11.1 Å². The van der Waals surface area contributed by atoms with Gasteiger partial charge in [0.05, 0.1) is 12.0 Å². The second-order valence-corrected chi connectivity index (χ2v) is 9.74. The van der Waals surface area contributed by atoms with Gasteiger partial charge in [-0.05, 0) is 41.0 Å². The Hall–Kier alpha value is -3.35. The molecule has 7 nitrogen and oxygen atoms in total. The lowest BCUT2D eigenvalue weighted by atomic mass is 9.91. The van der Waals surface area contributed by atoms with E-state index in [0.717, 1.165) is 35.1 Å². The lowest BCUT2D eigenvalue weighted by Gasteiger charge is -2.32. The van der Waals surface area contributed by atoms with Gasteiger partial charge in [0.25, 0.3) is 0 Å². The average molecular weight is 465 g/mol. The molecule has 0 unspecified atom stereocenters. The molecule has 2 aliphatic carbocycles. The normalized spacial score (nSPS) is 17.0. The summed E-state index contributed by atoms with van der Waals surface area (Å²) in [6.07, 6.45) is 2.23. The molecule has 2 aliphatic rings. The molecule has 1 atom stereocenters. The maximum atomic E-state index is 13.1. The van der Waals surface area contributed by atoms with Crippen LogP contribution in [0.15, 0.2) is 48.5 Å². The summed E-state index contributed by atoms with van der Waals surface area (Å²) >= 11 is 0. The van der Waals surface area contributed by atoms with E-state index in [4.69, 9.17) is 4.74 Å². The fraction of sp³-hybridized carbons (Fsp3) is 0.444. The standard InChI is InChI=1S/C27H32N2O5/c1-17(2)24(25(32)29-27(15-23(30)31)13-7-8-14-27)28-26(33)34-16-22-20-11-5-3-9-18(20)19-10-4-6-12-21(19)22/h3-6,9-12,17,22,24H,7-8,13-16H2,1-2H3,(H,28,33)(H,29,32)(H,30,31)/t24-/m1/s1. The van der Waals surface area contributed by atoms with Crippen LogP contribution in [0.4, 0.5) is 4.79 Å². The molecule has 7 heteroatoms. The molecule has 3 N–H and O–H groups in total.